The van der Waals surface area contributed by atoms with Crippen molar-refractivity contribution < 1.29 is 47.9 Å². The summed E-state index contributed by atoms with van der Waals surface area (Å²) in [5.41, 5.74) is 18.9. The molecule has 11 amide bonds. The fourth-order valence-electron chi connectivity index (χ4n) is 8.65. The van der Waals surface area contributed by atoms with Crippen LogP contribution in [0.15, 0.2) is 73.1 Å². The number of guanidine groups is 1. The first kappa shape index (κ1) is 56.4. The normalized spacial score (nSPS) is 24.4. The first-order valence-electron chi connectivity index (χ1n) is 24.3. The Morgan fingerprint density at radius 1 is 0.770 bits per heavy atom. The van der Waals surface area contributed by atoms with Gasteiger partial charge in [0.25, 0.3) is 5.91 Å². The third-order valence-corrected chi connectivity index (χ3v) is 12.6. The highest BCUT2D eigenvalue weighted by atomic mass is 16.2. The molecule has 3 aromatic rings. The summed E-state index contributed by atoms with van der Waals surface area (Å²) in [5, 5.41) is 31.7. The summed E-state index contributed by atoms with van der Waals surface area (Å²) in [5.74, 6) is -8.74. The summed E-state index contributed by atoms with van der Waals surface area (Å²) < 4.78 is 0. The maximum absolute atomic E-state index is 14.4. The Labute approximate surface area is 426 Å². The average Bonchev–Trinajstić information content (AvgIpc) is 3.93. The number of nitrogens with one attached hydrogen (secondary N) is 11. The lowest BCUT2D eigenvalue weighted by Gasteiger charge is -2.30. The lowest BCUT2D eigenvalue weighted by atomic mass is 9.92. The van der Waals surface area contributed by atoms with Crippen molar-refractivity contribution in [2.45, 2.75) is 120 Å². The number of primary amides is 1. The molecule has 17 N–H and O–H groups in total. The number of carbonyl (C=O) groups is 10. The fraction of sp³-hybridized carbons (Fsp3) is 0.449. The topological polar surface area (TPSA) is 400 Å². The molecule has 25 nitrogen and oxygen atoms in total. The van der Waals surface area contributed by atoms with Crippen molar-refractivity contribution in [2.24, 2.45) is 23.1 Å². The molecule has 0 saturated carbocycles. The first-order chi connectivity index (χ1) is 35.3. The highest BCUT2D eigenvalue weighted by Gasteiger charge is 2.41. The predicted molar refractivity (Wildman–Crippen MR) is 270 cm³/mol. The van der Waals surface area contributed by atoms with Crippen LogP contribution in [-0.4, -0.2) is 136 Å². The number of rotatable bonds is 15. The number of aromatic nitrogens is 1. The number of urea groups is 1. The lowest BCUT2D eigenvalue weighted by Crippen LogP contribution is -2.61. The average molecular weight is 1030 g/mol. The predicted octanol–water partition coefficient (Wildman–Crippen LogP) is -2.26. The van der Waals surface area contributed by atoms with Gasteiger partial charge in [0, 0.05) is 36.5 Å². The van der Waals surface area contributed by atoms with Crippen molar-refractivity contribution in [2.75, 3.05) is 13.1 Å². The Bertz CT molecular complexity index is 2570. The van der Waals surface area contributed by atoms with Crippen molar-refractivity contribution in [1.29, 1.82) is 5.41 Å². The van der Waals surface area contributed by atoms with E-state index in [-0.39, 0.29) is 63.9 Å². The zero-order chi connectivity index (χ0) is 54.1. The molecule has 2 fully saturated rings. The zero-order valence-electron chi connectivity index (χ0n) is 41.5. The Balaban J connectivity index is 1.54. The Kier molecular flexibility index (Phi) is 20.4. The Morgan fingerprint density at radius 2 is 1.39 bits per heavy atom. The van der Waals surface area contributed by atoms with Crippen molar-refractivity contribution >= 4 is 76.1 Å². The highest BCUT2D eigenvalue weighted by Crippen LogP contribution is 2.21. The number of imide groups is 1. The minimum Gasteiger partial charge on any atom is -0.405 e. The van der Waals surface area contributed by atoms with E-state index in [1.54, 1.807) is 56.4 Å². The van der Waals surface area contributed by atoms with Crippen LogP contribution in [0, 0.1) is 11.3 Å². The minimum atomic E-state index is -1.54. The van der Waals surface area contributed by atoms with Gasteiger partial charge in [-0.25, -0.2) is 4.79 Å². The molecule has 2 aromatic carbocycles. The van der Waals surface area contributed by atoms with E-state index in [4.69, 9.17) is 22.6 Å². The van der Waals surface area contributed by atoms with E-state index in [0.717, 1.165) is 22.0 Å². The van der Waals surface area contributed by atoms with E-state index in [2.05, 4.69) is 52.8 Å². The van der Waals surface area contributed by atoms with Crippen LogP contribution in [-0.2, 0) is 56.0 Å². The van der Waals surface area contributed by atoms with Gasteiger partial charge >= 0.3 is 6.03 Å². The smallest absolute Gasteiger partial charge is 0.325 e. The molecular weight excluding hydrogens is 959 g/mol. The van der Waals surface area contributed by atoms with Crippen molar-refractivity contribution in [3.8, 4) is 0 Å². The number of hydrogen-bond donors (Lipinski definition) is 14. The van der Waals surface area contributed by atoms with Crippen LogP contribution in [0.5, 0.6) is 0 Å². The number of benzene rings is 2. The molecule has 74 heavy (non-hydrogen) atoms. The third kappa shape index (κ3) is 15.7. The molecule has 2 aliphatic rings. The first-order valence-corrected chi connectivity index (χ1v) is 24.3. The van der Waals surface area contributed by atoms with Crippen LogP contribution in [0.4, 0.5) is 4.79 Å². The van der Waals surface area contributed by atoms with Gasteiger partial charge in [0.05, 0.1) is 6.54 Å². The van der Waals surface area contributed by atoms with Crippen LogP contribution in [0.1, 0.15) is 70.4 Å². The zero-order valence-corrected chi connectivity index (χ0v) is 41.5. The summed E-state index contributed by atoms with van der Waals surface area (Å²) in [4.78, 5) is 142. The molecule has 5 rings (SSSR count). The molecule has 0 bridgehead atoms. The number of nitrogens with zero attached hydrogens (tertiary/aromatic N) is 1. The van der Waals surface area contributed by atoms with Crippen LogP contribution >= 0.6 is 0 Å². The van der Waals surface area contributed by atoms with E-state index in [1.807, 2.05) is 18.2 Å². The molecular formula is C49H67N15O10. The van der Waals surface area contributed by atoms with Crippen molar-refractivity contribution in [3.63, 3.8) is 0 Å². The SMILES string of the molecule is CC[C@@H]1NC(=O)[C@@H](Cc2ccccc2)NC(=O)[C@H](C/C=C/N)NC(=O)[C@@H](C)NC(=O)[C@@H](NC(=O)[C@@H](CCCNC(=N)N)N2C(=O)CNC2=O)CC(C)C[C@@H](C(N)=O)NC(=O)[C@H](Cc2c[nH]c3ccccc23)NC1=O. The molecule has 1 unspecified atom stereocenters. The number of carbonyl (C=O) groups excluding carboxylic acids is 10. The lowest BCUT2D eigenvalue weighted by molar-refractivity contribution is -0.137. The third-order valence-electron chi connectivity index (χ3n) is 12.6. The number of aromatic amines is 1. The summed E-state index contributed by atoms with van der Waals surface area (Å²) in [6.07, 6.45) is 3.44. The van der Waals surface area contributed by atoms with E-state index in [9.17, 15) is 47.9 Å². The van der Waals surface area contributed by atoms with Crippen LogP contribution in [0.3, 0.4) is 0 Å². The van der Waals surface area contributed by atoms with Gasteiger partial charge in [0.1, 0.15) is 48.3 Å². The van der Waals surface area contributed by atoms with E-state index in [0.29, 0.717) is 11.1 Å². The molecule has 398 valence electrons. The standard InChI is InChI=1S/C49H67N15O10/c1-4-31-42(68)62-37(23-29-24-55-32-15-9-8-14-30(29)32)46(72)60-34(40(51)66)20-26(2)21-35(63-47(73)38(17-11-19-54-48(52)53)64-39(65)25-56-49(64)74)44(70)57-27(3)41(67)59-33(16-10-18-50)43(69)61-36(45(71)58-31)22-28-12-6-5-7-13-28/h5-10,12-15,18,24,26-27,31,33-38,55H,4,11,16-17,19-23,25,50H2,1-3H3,(H2,51,66)(H,56,74)(H,57,70)(H,58,71)(H,59,67)(H,60,72)(H,61,69)(H,62,68)(H,63,73)(H4,52,53,54)/b18-10+/t26?,27-,31+,33+,34+,35+,36-,37+,38-/m1/s1. The van der Waals surface area contributed by atoms with E-state index in [1.165, 1.54) is 13.0 Å². The number of nitrogens with two attached hydrogens (primary N) is 3. The van der Waals surface area contributed by atoms with Gasteiger partial charge in [-0.1, -0.05) is 68.5 Å². The highest BCUT2D eigenvalue weighted by molar-refractivity contribution is 6.06. The van der Waals surface area contributed by atoms with Crippen LogP contribution < -0.4 is 65.1 Å². The Morgan fingerprint density at radius 3 is 2.04 bits per heavy atom. The van der Waals surface area contributed by atoms with E-state index >= 15 is 0 Å². The van der Waals surface area contributed by atoms with Crippen LogP contribution in [0.25, 0.3) is 10.9 Å². The van der Waals surface area contributed by atoms with Crippen molar-refractivity contribution in [1.82, 2.24) is 57.7 Å². The second-order valence-electron chi connectivity index (χ2n) is 18.3. The second-order valence-corrected chi connectivity index (χ2v) is 18.3. The van der Waals surface area contributed by atoms with Crippen molar-refractivity contribution in [3.05, 3.63) is 84.2 Å². The van der Waals surface area contributed by atoms with E-state index < -0.39 is 120 Å². The summed E-state index contributed by atoms with van der Waals surface area (Å²) in [6, 6.07) is 3.96. The molecule has 2 aliphatic heterocycles. The number of para-hydroxylation sites is 1. The molecule has 0 spiro atoms. The van der Waals surface area contributed by atoms with Gasteiger partial charge in [-0.05, 0) is 74.8 Å². The minimum absolute atomic E-state index is 0.0348. The van der Waals surface area contributed by atoms with Gasteiger partial charge in [-0.2, -0.15) is 0 Å². The quantitative estimate of drug-likeness (QED) is 0.0331. The van der Waals surface area contributed by atoms with Gasteiger partial charge < -0.3 is 70.0 Å². The summed E-state index contributed by atoms with van der Waals surface area (Å²) >= 11 is 0. The summed E-state index contributed by atoms with van der Waals surface area (Å²) in [6.45, 7) is 4.24. The van der Waals surface area contributed by atoms with Gasteiger partial charge in [-0.15, -0.1) is 0 Å². The number of amides is 11. The molecule has 1 aromatic heterocycles. The molecule has 3 heterocycles. The monoisotopic (exact) mass is 1030 g/mol. The van der Waals surface area contributed by atoms with Gasteiger partial charge in [0.15, 0.2) is 5.96 Å². The molecule has 25 heteroatoms. The van der Waals surface area contributed by atoms with Crippen LogP contribution in [0.2, 0.25) is 0 Å². The second kappa shape index (κ2) is 26.8. The molecule has 0 radical (unpaired) electrons. The molecule has 9 atom stereocenters. The molecule has 2 saturated heterocycles. The number of hydrogen-bond acceptors (Lipinski definition) is 12. The van der Waals surface area contributed by atoms with Gasteiger partial charge in [0.2, 0.25) is 47.3 Å². The summed E-state index contributed by atoms with van der Waals surface area (Å²) in [7, 11) is 0. The Hall–Kier alpha value is -8.51. The maximum atomic E-state index is 14.4. The molecule has 0 aliphatic carbocycles. The van der Waals surface area contributed by atoms with Gasteiger partial charge in [-0.3, -0.25) is 53.5 Å². The number of H-pyrrole nitrogens is 1. The largest absolute Gasteiger partial charge is 0.405 e. The maximum Gasteiger partial charge on any atom is 0.325 e. The fourth-order valence-corrected chi connectivity index (χ4v) is 8.65. The number of fused-ring (bicyclic) bond motifs is 1.